The van der Waals surface area contributed by atoms with E-state index in [1.807, 2.05) is 13.8 Å². The van der Waals surface area contributed by atoms with Crippen LogP contribution in [0.25, 0.3) is 0 Å². The van der Waals surface area contributed by atoms with E-state index in [9.17, 15) is 18.5 Å². The van der Waals surface area contributed by atoms with Gasteiger partial charge < -0.3 is 5.32 Å². The Hall–Kier alpha value is -1.67. The SMILES string of the molecule is CCCNc1ccc(S(=O)(=O)NC2CC2C)cc1[N+](=O)[O-]. The van der Waals surface area contributed by atoms with E-state index in [-0.39, 0.29) is 16.6 Å². The lowest BCUT2D eigenvalue weighted by Gasteiger charge is -2.09. The number of sulfonamides is 1. The quantitative estimate of drug-likeness (QED) is 0.593. The van der Waals surface area contributed by atoms with Crippen LogP contribution >= 0.6 is 0 Å². The number of hydrogen-bond acceptors (Lipinski definition) is 5. The predicted molar refractivity (Wildman–Crippen MR) is 79.8 cm³/mol. The molecule has 1 aliphatic rings. The van der Waals surface area contributed by atoms with Crippen LogP contribution in [0.4, 0.5) is 11.4 Å². The molecule has 0 bridgehead atoms. The zero-order valence-corrected chi connectivity index (χ0v) is 12.8. The summed E-state index contributed by atoms with van der Waals surface area (Å²) in [5.74, 6) is 0.320. The molecule has 0 aromatic heterocycles. The average molecular weight is 313 g/mol. The Morgan fingerprint density at radius 1 is 1.43 bits per heavy atom. The lowest BCUT2D eigenvalue weighted by molar-refractivity contribution is -0.384. The number of anilines is 1. The molecule has 1 aromatic rings. The number of nitro benzene ring substituents is 1. The maximum absolute atomic E-state index is 12.2. The summed E-state index contributed by atoms with van der Waals surface area (Å²) in [7, 11) is -3.71. The Kier molecular flexibility index (Phi) is 4.48. The molecular weight excluding hydrogens is 294 g/mol. The van der Waals surface area contributed by atoms with Crippen LogP contribution in [0, 0.1) is 16.0 Å². The second-order valence-corrected chi connectivity index (χ2v) is 7.02. The molecule has 1 aromatic carbocycles. The van der Waals surface area contributed by atoms with Gasteiger partial charge in [0.2, 0.25) is 10.0 Å². The molecule has 1 saturated carbocycles. The van der Waals surface area contributed by atoms with Crippen LogP contribution < -0.4 is 10.0 Å². The number of benzene rings is 1. The van der Waals surface area contributed by atoms with Gasteiger partial charge in [-0.1, -0.05) is 13.8 Å². The number of nitrogens with zero attached hydrogens (tertiary/aromatic N) is 1. The van der Waals surface area contributed by atoms with Crippen LogP contribution in [0.5, 0.6) is 0 Å². The molecule has 0 heterocycles. The Bertz CT molecular complexity index is 645. The Morgan fingerprint density at radius 3 is 2.62 bits per heavy atom. The summed E-state index contributed by atoms with van der Waals surface area (Å²) in [6.45, 7) is 4.48. The van der Waals surface area contributed by atoms with Crippen molar-refractivity contribution in [1.82, 2.24) is 4.72 Å². The van der Waals surface area contributed by atoms with Crippen LogP contribution in [0.15, 0.2) is 23.1 Å². The molecule has 2 unspecified atom stereocenters. The van der Waals surface area contributed by atoms with E-state index in [0.717, 1.165) is 18.9 Å². The second-order valence-electron chi connectivity index (χ2n) is 5.30. The summed E-state index contributed by atoms with van der Waals surface area (Å²) in [6.07, 6.45) is 1.62. The molecule has 0 saturated heterocycles. The molecular formula is C13H19N3O4S. The number of nitro groups is 1. The summed E-state index contributed by atoms with van der Waals surface area (Å²) in [4.78, 5) is 10.5. The highest BCUT2D eigenvalue weighted by Crippen LogP contribution is 2.32. The largest absolute Gasteiger partial charge is 0.380 e. The third-order valence-electron chi connectivity index (χ3n) is 3.46. The third kappa shape index (κ3) is 3.70. The zero-order valence-electron chi connectivity index (χ0n) is 12.0. The van der Waals surface area contributed by atoms with Gasteiger partial charge in [-0.15, -0.1) is 0 Å². The van der Waals surface area contributed by atoms with E-state index in [1.165, 1.54) is 12.1 Å². The third-order valence-corrected chi connectivity index (χ3v) is 4.95. The van der Waals surface area contributed by atoms with Gasteiger partial charge in [0.1, 0.15) is 5.69 Å². The van der Waals surface area contributed by atoms with Crippen molar-refractivity contribution in [3.05, 3.63) is 28.3 Å². The van der Waals surface area contributed by atoms with E-state index in [4.69, 9.17) is 0 Å². The first-order valence-corrected chi connectivity index (χ1v) is 8.38. The van der Waals surface area contributed by atoms with Gasteiger partial charge in [0.15, 0.2) is 0 Å². The summed E-state index contributed by atoms with van der Waals surface area (Å²) in [5, 5.41) is 14.0. The van der Waals surface area contributed by atoms with Crippen molar-refractivity contribution in [2.24, 2.45) is 5.92 Å². The highest BCUT2D eigenvalue weighted by Gasteiger charge is 2.36. The van der Waals surface area contributed by atoms with Crippen molar-refractivity contribution >= 4 is 21.4 Å². The first kappa shape index (κ1) is 15.7. The minimum Gasteiger partial charge on any atom is -0.380 e. The van der Waals surface area contributed by atoms with Crippen molar-refractivity contribution in [3.8, 4) is 0 Å². The van der Waals surface area contributed by atoms with Crippen molar-refractivity contribution in [3.63, 3.8) is 0 Å². The number of rotatable bonds is 7. The fraction of sp³-hybridized carbons (Fsp3) is 0.538. The lowest BCUT2D eigenvalue weighted by Crippen LogP contribution is -2.26. The lowest BCUT2D eigenvalue weighted by atomic mass is 10.2. The minimum atomic E-state index is -3.71. The van der Waals surface area contributed by atoms with Gasteiger partial charge in [0, 0.05) is 18.7 Å². The van der Waals surface area contributed by atoms with Crippen LogP contribution in [0.2, 0.25) is 0 Å². The van der Waals surface area contributed by atoms with E-state index in [2.05, 4.69) is 10.0 Å². The van der Waals surface area contributed by atoms with Crippen LogP contribution in [-0.4, -0.2) is 25.9 Å². The van der Waals surface area contributed by atoms with Crippen LogP contribution in [0.3, 0.4) is 0 Å². The van der Waals surface area contributed by atoms with Gasteiger partial charge in [-0.05, 0) is 30.9 Å². The molecule has 1 aliphatic carbocycles. The average Bonchev–Trinajstić information content (AvgIpc) is 3.10. The van der Waals surface area contributed by atoms with Crippen molar-refractivity contribution in [2.45, 2.75) is 37.6 Å². The minimum absolute atomic E-state index is 0.0630. The van der Waals surface area contributed by atoms with Gasteiger partial charge in [-0.2, -0.15) is 0 Å². The first-order valence-electron chi connectivity index (χ1n) is 6.89. The molecule has 0 radical (unpaired) electrons. The molecule has 0 spiro atoms. The topological polar surface area (TPSA) is 101 Å². The fourth-order valence-electron chi connectivity index (χ4n) is 1.99. The number of hydrogen-bond donors (Lipinski definition) is 2. The zero-order chi connectivity index (χ0) is 15.6. The molecule has 0 aliphatic heterocycles. The van der Waals surface area contributed by atoms with E-state index >= 15 is 0 Å². The van der Waals surface area contributed by atoms with Gasteiger partial charge in [0.25, 0.3) is 5.69 Å². The monoisotopic (exact) mass is 313 g/mol. The Balaban J connectivity index is 2.28. The van der Waals surface area contributed by atoms with Crippen LogP contribution in [-0.2, 0) is 10.0 Å². The second kappa shape index (κ2) is 5.98. The van der Waals surface area contributed by atoms with Crippen molar-refractivity contribution < 1.29 is 13.3 Å². The van der Waals surface area contributed by atoms with E-state index in [0.29, 0.717) is 18.2 Å². The molecule has 1 fully saturated rings. The Morgan fingerprint density at radius 2 is 2.10 bits per heavy atom. The summed E-state index contributed by atoms with van der Waals surface area (Å²) in [5.41, 5.74) is 0.107. The highest BCUT2D eigenvalue weighted by molar-refractivity contribution is 7.89. The molecule has 2 N–H and O–H groups in total. The van der Waals surface area contributed by atoms with Crippen molar-refractivity contribution in [1.29, 1.82) is 0 Å². The Labute approximate surface area is 123 Å². The smallest absolute Gasteiger partial charge is 0.293 e. The summed E-state index contributed by atoms with van der Waals surface area (Å²) in [6, 6.07) is 3.87. The molecule has 116 valence electrons. The number of nitrogens with one attached hydrogen (secondary N) is 2. The maximum atomic E-state index is 12.2. The van der Waals surface area contributed by atoms with E-state index < -0.39 is 14.9 Å². The molecule has 7 nitrogen and oxygen atoms in total. The molecule has 0 amide bonds. The molecule has 21 heavy (non-hydrogen) atoms. The van der Waals surface area contributed by atoms with Crippen LogP contribution in [0.1, 0.15) is 26.7 Å². The molecule has 2 atom stereocenters. The van der Waals surface area contributed by atoms with Gasteiger partial charge in [-0.25, -0.2) is 13.1 Å². The maximum Gasteiger partial charge on any atom is 0.293 e. The van der Waals surface area contributed by atoms with E-state index in [1.54, 1.807) is 0 Å². The van der Waals surface area contributed by atoms with Gasteiger partial charge in [0.05, 0.1) is 9.82 Å². The molecule has 8 heteroatoms. The standard InChI is InChI=1S/C13H19N3O4S/c1-3-6-14-11-5-4-10(8-13(11)16(17)18)21(19,20)15-12-7-9(12)2/h4-5,8-9,12,14-15H,3,6-7H2,1-2H3. The molecule has 2 rings (SSSR count). The summed E-state index contributed by atoms with van der Waals surface area (Å²) >= 11 is 0. The van der Waals surface area contributed by atoms with Crippen molar-refractivity contribution in [2.75, 3.05) is 11.9 Å². The fourth-order valence-corrected chi connectivity index (χ4v) is 3.37. The first-order chi connectivity index (χ1) is 9.85. The summed E-state index contributed by atoms with van der Waals surface area (Å²) < 4.78 is 26.9. The van der Waals surface area contributed by atoms with Gasteiger partial charge in [-0.3, -0.25) is 10.1 Å². The highest BCUT2D eigenvalue weighted by atomic mass is 32.2. The predicted octanol–water partition coefficient (Wildman–Crippen LogP) is 2.10. The normalized spacial score (nSPS) is 21.0. The van der Waals surface area contributed by atoms with Gasteiger partial charge >= 0.3 is 0 Å².